The second kappa shape index (κ2) is 8.02. The highest BCUT2D eigenvalue weighted by Crippen LogP contribution is 2.42. The van der Waals surface area contributed by atoms with Gasteiger partial charge in [0.2, 0.25) is 5.95 Å². The average Bonchev–Trinajstić information content (AvgIpc) is 3.15. The van der Waals surface area contributed by atoms with Crippen molar-refractivity contribution in [3.63, 3.8) is 0 Å². The van der Waals surface area contributed by atoms with E-state index < -0.39 is 11.5 Å². The third kappa shape index (κ3) is 4.45. The number of hydrogen-bond donors (Lipinski definition) is 0. The van der Waals surface area contributed by atoms with E-state index >= 15 is 0 Å². The molecule has 0 aliphatic carbocycles. The third-order valence-electron chi connectivity index (χ3n) is 6.09. The number of hydrogen-bond acceptors (Lipinski definition) is 5. The fourth-order valence-corrected chi connectivity index (χ4v) is 4.53. The zero-order valence-corrected chi connectivity index (χ0v) is 18.7. The summed E-state index contributed by atoms with van der Waals surface area (Å²) in [6.45, 7) is 7.34. The van der Waals surface area contributed by atoms with Crippen LogP contribution in [0.2, 0.25) is 0 Å². The molecular formula is C24H30FN3O3. The molecule has 7 heteroatoms. The molecule has 31 heavy (non-hydrogen) atoms. The zero-order chi connectivity index (χ0) is 22.2. The summed E-state index contributed by atoms with van der Waals surface area (Å²) in [6, 6.07) is 11.1. The van der Waals surface area contributed by atoms with Gasteiger partial charge in [0.15, 0.2) is 0 Å². The van der Waals surface area contributed by atoms with E-state index in [0.717, 1.165) is 36.1 Å². The van der Waals surface area contributed by atoms with E-state index in [4.69, 9.17) is 9.47 Å². The van der Waals surface area contributed by atoms with Gasteiger partial charge in [-0.15, -0.1) is 0 Å². The van der Waals surface area contributed by atoms with Gasteiger partial charge in [-0.2, -0.15) is 4.39 Å². The molecule has 2 aromatic rings. The number of pyridine rings is 1. The molecule has 2 aliphatic rings. The first kappa shape index (κ1) is 21.4. The van der Waals surface area contributed by atoms with Gasteiger partial charge < -0.3 is 19.3 Å². The van der Waals surface area contributed by atoms with Crippen molar-refractivity contribution in [2.75, 3.05) is 25.1 Å². The quantitative estimate of drug-likeness (QED) is 0.672. The highest BCUT2D eigenvalue weighted by molar-refractivity contribution is 5.69. The second-order valence-electron chi connectivity index (χ2n) is 9.43. The molecule has 2 aliphatic heterocycles. The topological polar surface area (TPSA) is 54.9 Å². The molecule has 1 aromatic heterocycles. The van der Waals surface area contributed by atoms with Gasteiger partial charge in [0.1, 0.15) is 17.2 Å². The van der Waals surface area contributed by atoms with Crippen LogP contribution in [0, 0.1) is 5.95 Å². The van der Waals surface area contributed by atoms with E-state index in [9.17, 15) is 9.18 Å². The van der Waals surface area contributed by atoms with E-state index in [2.05, 4.69) is 9.88 Å². The maximum atomic E-state index is 14.1. The molecule has 166 valence electrons. The van der Waals surface area contributed by atoms with Crippen LogP contribution in [-0.2, 0) is 17.7 Å². The molecule has 6 nitrogen and oxygen atoms in total. The summed E-state index contributed by atoms with van der Waals surface area (Å²) in [5.41, 5.74) is 1.27. The molecule has 1 aromatic carbocycles. The summed E-state index contributed by atoms with van der Waals surface area (Å²) < 4.78 is 25.0. The molecule has 1 atom stereocenters. The van der Waals surface area contributed by atoms with Gasteiger partial charge in [-0.05, 0) is 69.4 Å². The van der Waals surface area contributed by atoms with Gasteiger partial charge in [-0.3, -0.25) is 0 Å². The van der Waals surface area contributed by atoms with Gasteiger partial charge in [-0.1, -0.05) is 18.2 Å². The number of methoxy groups -OCH3 is 1. The Balaban J connectivity index is 1.65. The number of aryl methyl sites for hydroxylation is 1. The van der Waals surface area contributed by atoms with Crippen molar-refractivity contribution >= 4 is 11.9 Å². The number of rotatable bonds is 3. The number of amides is 1. The fraction of sp³-hybridized carbons (Fsp3) is 0.500. The summed E-state index contributed by atoms with van der Waals surface area (Å²) in [7, 11) is 1.64. The van der Waals surface area contributed by atoms with Crippen LogP contribution in [0.1, 0.15) is 44.7 Å². The van der Waals surface area contributed by atoms with Crippen LogP contribution < -0.4 is 9.64 Å². The van der Waals surface area contributed by atoms with Gasteiger partial charge in [0.25, 0.3) is 0 Å². The highest BCUT2D eigenvalue weighted by atomic mass is 19.1. The summed E-state index contributed by atoms with van der Waals surface area (Å²) in [6.07, 6.45) is 2.18. The second-order valence-corrected chi connectivity index (χ2v) is 9.43. The van der Waals surface area contributed by atoms with Crippen molar-refractivity contribution in [1.82, 2.24) is 9.88 Å². The van der Waals surface area contributed by atoms with Crippen molar-refractivity contribution in [1.29, 1.82) is 0 Å². The predicted octanol–water partition coefficient (Wildman–Crippen LogP) is 4.56. The number of nitrogens with zero attached hydrogens (tertiary/aromatic N) is 3. The summed E-state index contributed by atoms with van der Waals surface area (Å²) >= 11 is 0. The predicted molar refractivity (Wildman–Crippen MR) is 117 cm³/mol. The molecule has 3 heterocycles. The van der Waals surface area contributed by atoms with E-state index in [0.29, 0.717) is 25.5 Å². The normalized spacial score (nSPS) is 20.7. The number of anilines is 1. The summed E-state index contributed by atoms with van der Waals surface area (Å²) in [5, 5.41) is 0. The number of halogens is 1. The molecule has 0 bridgehead atoms. The number of fused-ring (bicyclic) bond motifs is 1. The van der Waals surface area contributed by atoms with Crippen LogP contribution in [0.3, 0.4) is 0 Å². The van der Waals surface area contributed by atoms with E-state index in [1.165, 1.54) is 6.07 Å². The standard InChI is InChI=1S/C24H30FN3O3/c1-23(2,3)31-22(29)27-14-13-24(16-27)12-11-18-7-10-20(25)26-21(18)28(24)15-17-5-8-19(30-4)9-6-17/h5-10H,11-16H2,1-4H3. The first-order chi connectivity index (χ1) is 14.7. The molecule has 1 spiro atoms. The highest BCUT2D eigenvalue weighted by Gasteiger charge is 2.48. The van der Waals surface area contributed by atoms with Gasteiger partial charge in [0, 0.05) is 19.6 Å². The molecule has 0 saturated carbocycles. The minimum Gasteiger partial charge on any atom is -0.497 e. The SMILES string of the molecule is COc1ccc(CN2c3nc(F)ccc3CCC23CCN(C(=O)OC(C)(C)C)C3)cc1. The lowest BCUT2D eigenvalue weighted by molar-refractivity contribution is 0.0282. The molecular weight excluding hydrogens is 397 g/mol. The number of benzene rings is 1. The monoisotopic (exact) mass is 427 g/mol. The van der Waals surface area contributed by atoms with Gasteiger partial charge in [0.05, 0.1) is 12.6 Å². The number of likely N-dealkylation sites (tertiary alicyclic amines) is 1. The van der Waals surface area contributed by atoms with Gasteiger partial charge >= 0.3 is 6.09 Å². The van der Waals surface area contributed by atoms with Crippen molar-refractivity contribution in [3.05, 3.63) is 53.5 Å². The number of carbonyl (C=O) groups excluding carboxylic acids is 1. The summed E-state index contributed by atoms with van der Waals surface area (Å²) in [4.78, 5) is 21.0. The molecule has 0 N–H and O–H groups in total. The Morgan fingerprint density at radius 2 is 1.90 bits per heavy atom. The zero-order valence-electron chi connectivity index (χ0n) is 18.7. The van der Waals surface area contributed by atoms with Crippen LogP contribution in [-0.4, -0.2) is 47.3 Å². The lowest BCUT2D eigenvalue weighted by Gasteiger charge is -2.46. The van der Waals surface area contributed by atoms with E-state index in [1.807, 2.05) is 51.1 Å². The molecule has 1 fully saturated rings. The molecule has 1 unspecified atom stereocenters. The lowest BCUT2D eigenvalue weighted by atomic mass is 9.84. The largest absolute Gasteiger partial charge is 0.497 e. The number of aromatic nitrogens is 1. The van der Waals surface area contributed by atoms with Crippen LogP contribution in [0.25, 0.3) is 0 Å². The average molecular weight is 428 g/mol. The summed E-state index contributed by atoms with van der Waals surface area (Å²) in [5.74, 6) is 0.976. The first-order valence-electron chi connectivity index (χ1n) is 10.7. The fourth-order valence-electron chi connectivity index (χ4n) is 4.53. The van der Waals surface area contributed by atoms with Crippen LogP contribution in [0.5, 0.6) is 5.75 Å². The van der Waals surface area contributed by atoms with Crippen molar-refractivity contribution in [2.24, 2.45) is 0 Å². The van der Waals surface area contributed by atoms with Crippen molar-refractivity contribution in [2.45, 2.75) is 57.7 Å². The number of ether oxygens (including phenoxy) is 2. The van der Waals surface area contributed by atoms with E-state index in [1.54, 1.807) is 12.0 Å². The van der Waals surface area contributed by atoms with Crippen molar-refractivity contribution < 1.29 is 18.7 Å². The Hall–Kier alpha value is -2.83. The minimum absolute atomic E-state index is 0.299. The molecule has 1 amide bonds. The van der Waals surface area contributed by atoms with Crippen LogP contribution in [0.4, 0.5) is 15.0 Å². The lowest BCUT2D eigenvalue weighted by Crippen LogP contribution is -2.54. The maximum Gasteiger partial charge on any atom is 0.410 e. The van der Waals surface area contributed by atoms with Crippen LogP contribution >= 0.6 is 0 Å². The Labute approximate surface area is 183 Å². The Kier molecular flexibility index (Phi) is 5.54. The van der Waals surface area contributed by atoms with Gasteiger partial charge in [-0.25, -0.2) is 9.78 Å². The third-order valence-corrected chi connectivity index (χ3v) is 6.09. The minimum atomic E-state index is -0.542. The molecule has 4 rings (SSSR count). The first-order valence-corrected chi connectivity index (χ1v) is 10.7. The van der Waals surface area contributed by atoms with Crippen LogP contribution in [0.15, 0.2) is 36.4 Å². The smallest absolute Gasteiger partial charge is 0.410 e. The number of carbonyl (C=O) groups is 1. The molecule has 0 radical (unpaired) electrons. The Morgan fingerprint density at radius 3 is 2.58 bits per heavy atom. The Morgan fingerprint density at radius 1 is 1.16 bits per heavy atom. The Bertz CT molecular complexity index is 958. The van der Waals surface area contributed by atoms with Crippen molar-refractivity contribution in [3.8, 4) is 5.75 Å². The van der Waals surface area contributed by atoms with E-state index in [-0.39, 0.29) is 11.6 Å². The molecule has 1 saturated heterocycles. The maximum absolute atomic E-state index is 14.1.